The Bertz CT molecular complexity index is 609. The summed E-state index contributed by atoms with van der Waals surface area (Å²) in [6.07, 6.45) is 0.110. The molecule has 1 aromatic rings. The van der Waals surface area contributed by atoms with E-state index < -0.39 is 28.1 Å². The van der Waals surface area contributed by atoms with Gasteiger partial charge in [-0.3, -0.25) is 4.79 Å². The van der Waals surface area contributed by atoms with Crippen molar-refractivity contribution in [2.24, 2.45) is 5.73 Å². The lowest BCUT2D eigenvalue weighted by molar-refractivity contribution is -0.156. The van der Waals surface area contributed by atoms with Crippen molar-refractivity contribution in [3.63, 3.8) is 0 Å². The van der Waals surface area contributed by atoms with Gasteiger partial charge in [0.05, 0.1) is 0 Å². The summed E-state index contributed by atoms with van der Waals surface area (Å²) >= 11 is 0. The number of rotatable bonds is 5. The van der Waals surface area contributed by atoms with Crippen molar-refractivity contribution >= 4 is 16.5 Å². The fraction of sp³-hybridized carbons (Fsp3) is 0.462. The van der Waals surface area contributed by atoms with E-state index in [2.05, 4.69) is 4.18 Å². The highest BCUT2D eigenvalue weighted by molar-refractivity contribution is 7.81. The van der Waals surface area contributed by atoms with Gasteiger partial charge in [0.2, 0.25) is 0 Å². The molecule has 0 saturated carbocycles. The number of carbonyl (C=O) groups is 1. The number of hydrogen-bond acceptors (Lipinski definition) is 6. The smallest absolute Gasteiger partial charge is 0.459 e. The molecule has 0 radical (unpaired) electrons. The highest BCUT2D eigenvalue weighted by atomic mass is 32.3. The van der Waals surface area contributed by atoms with Crippen molar-refractivity contribution in [2.45, 2.75) is 38.8 Å². The number of esters is 1. The van der Waals surface area contributed by atoms with Gasteiger partial charge in [0, 0.05) is 0 Å². The Hall–Kier alpha value is -1.67. The number of hydrogen-bond donors (Lipinski definition) is 1. The van der Waals surface area contributed by atoms with Crippen LogP contribution in [0.1, 0.15) is 26.3 Å². The summed E-state index contributed by atoms with van der Waals surface area (Å²) < 4.78 is 42.5. The Kier molecular flexibility index (Phi) is 5.30. The van der Waals surface area contributed by atoms with Crippen LogP contribution in [0.5, 0.6) is 5.75 Å². The first-order valence-electron chi connectivity index (χ1n) is 6.18. The minimum Gasteiger partial charge on any atom is -0.459 e. The lowest BCUT2D eigenvalue weighted by atomic mass is 10.1. The maximum Gasteiger partial charge on any atom is 0.488 e. The van der Waals surface area contributed by atoms with Gasteiger partial charge in [0.15, 0.2) is 0 Å². The van der Waals surface area contributed by atoms with Crippen LogP contribution < -0.4 is 9.92 Å². The lowest BCUT2D eigenvalue weighted by Gasteiger charge is -2.22. The largest absolute Gasteiger partial charge is 0.488 e. The van der Waals surface area contributed by atoms with Gasteiger partial charge in [0.25, 0.3) is 0 Å². The molecule has 0 amide bonds. The average molecular weight is 319 g/mol. The zero-order valence-electron chi connectivity index (χ0n) is 12.0. The van der Waals surface area contributed by atoms with Gasteiger partial charge >= 0.3 is 16.5 Å². The van der Waals surface area contributed by atoms with Crippen molar-refractivity contribution in [1.29, 1.82) is 0 Å². The third-order valence-electron chi connectivity index (χ3n) is 2.26. The number of halogens is 1. The highest BCUT2D eigenvalue weighted by Crippen LogP contribution is 2.17. The molecule has 0 fully saturated rings. The molecule has 6 nitrogen and oxygen atoms in total. The molecule has 8 heteroatoms. The molecular formula is C13H18FNO5S. The van der Waals surface area contributed by atoms with Crippen LogP contribution in [0.25, 0.3) is 0 Å². The topological polar surface area (TPSA) is 95.7 Å². The summed E-state index contributed by atoms with van der Waals surface area (Å²) in [5, 5.41) is 0. The Morgan fingerprint density at radius 1 is 1.38 bits per heavy atom. The molecular weight excluding hydrogens is 301 g/mol. The van der Waals surface area contributed by atoms with Crippen LogP contribution in [0.2, 0.25) is 0 Å². The monoisotopic (exact) mass is 319 g/mol. The average Bonchev–Trinajstić information content (AvgIpc) is 2.24. The maximum atomic E-state index is 12.4. The SMILES string of the molecule is CC(C)(C)OC(=O)[C@@H](N)Cc1cccc(OS(=O)(=O)F)c1. The standard InChI is InChI=1S/C13H18FNO5S/c1-13(2,3)19-12(16)11(15)8-9-5-4-6-10(7-9)20-21(14,17)18/h4-7,11H,8,15H2,1-3H3/t11-/m0/s1. The lowest BCUT2D eigenvalue weighted by Crippen LogP contribution is -2.38. The van der Waals surface area contributed by atoms with E-state index in [1.54, 1.807) is 26.8 Å². The quantitative estimate of drug-likeness (QED) is 0.652. The van der Waals surface area contributed by atoms with E-state index in [4.69, 9.17) is 10.5 Å². The van der Waals surface area contributed by atoms with Crippen LogP contribution in [0, 0.1) is 0 Å². The third kappa shape index (κ3) is 7.05. The molecule has 0 saturated heterocycles. The van der Waals surface area contributed by atoms with E-state index in [0.29, 0.717) is 5.56 Å². The molecule has 118 valence electrons. The predicted octanol–water partition coefficient (Wildman–Crippen LogP) is 1.49. The molecule has 0 spiro atoms. The van der Waals surface area contributed by atoms with Crippen molar-refractivity contribution in [2.75, 3.05) is 0 Å². The number of ether oxygens (including phenoxy) is 1. The molecule has 1 atom stereocenters. The van der Waals surface area contributed by atoms with E-state index in [1.165, 1.54) is 18.2 Å². The van der Waals surface area contributed by atoms with Crippen molar-refractivity contribution in [3.05, 3.63) is 29.8 Å². The van der Waals surface area contributed by atoms with Gasteiger partial charge in [-0.2, -0.15) is 8.42 Å². The van der Waals surface area contributed by atoms with E-state index >= 15 is 0 Å². The molecule has 2 N–H and O–H groups in total. The van der Waals surface area contributed by atoms with Gasteiger partial charge < -0.3 is 14.7 Å². The van der Waals surface area contributed by atoms with Crippen LogP contribution in [-0.4, -0.2) is 26.0 Å². The summed E-state index contributed by atoms with van der Waals surface area (Å²) in [6.45, 7) is 5.16. The van der Waals surface area contributed by atoms with Gasteiger partial charge in [-0.1, -0.05) is 16.0 Å². The molecule has 0 unspecified atom stereocenters. The first-order valence-corrected chi connectivity index (χ1v) is 7.48. The molecule has 0 aliphatic heterocycles. The fourth-order valence-electron chi connectivity index (χ4n) is 1.55. The van der Waals surface area contributed by atoms with Crippen molar-refractivity contribution < 1.29 is 26.0 Å². The third-order valence-corrected chi connectivity index (χ3v) is 2.65. The normalized spacial score (nSPS) is 13.6. The number of benzene rings is 1. The second-order valence-electron chi connectivity index (χ2n) is 5.47. The van der Waals surface area contributed by atoms with E-state index in [-0.39, 0.29) is 12.2 Å². The molecule has 0 aromatic heterocycles. The van der Waals surface area contributed by atoms with Crippen LogP contribution in [0.15, 0.2) is 24.3 Å². The fourth-order valence-corrected chi connectivity index (χ4v) is 1.89. The molecule has 1 rings (SSSR count). The Morgan fingerprint density at radius 3 is 2.52 bits per heavy atom. The first kappa shape index (κ1) is 17.4. The summed E-state index contributed by atoms with van der Waals surface area (Å²) in [5.41, 5.74) is 5.60. The predicted molar refractivity (Wildman–Crippen MR) is 74.6 cm³/mol. The highest BCUT2D eigenvalue weighted by Gasteiger charge is 2.22. The second kappa shape index (κ2) is 6.40. The van der Waals surface area contributed by atoms with Gasteiger partial charge in [-0.25, -0.2) is 0 Å². The van der Waals surface area contributed by atoms with E-state index in [1.807, 2.05) is 0 Å². The zero-order chi connectivity index (χ0) is 16.3. The molecule has 0 heterocycles. The van der Waals surface area contributed by atoms with E-state index in [9.17, 15) is 17.1 Å². The molecule has 0 aliphatic carbocycles. The van der Waals surface area contributed by atoms with Crippen molar-refractivity contribution in [3.8, 4) is 5.75 Å². The second-order valence-corrected chi connectivity index (χ2v) is 6.42. The minimum atomic E-state index is -5.09. The summed E-state index contributed by atoms with van der Waals surface area (Å²) in [6, 6.07) is 4.74. The van der Waals surface area contributed by atoms with Crippen LogP contribution in [0.3, 0.4) is 0 Å². The summed E-state index contributed by atoms with van der Waals surface area (Å²) in [5.74, 6) is -0.765. The van der Waals surface area contributed by atoms with Crippen LogP contribution in [-0.2, 0) is 26.5 Å². The maximum absolute atomic E-state index is 12.4. The molecule has 0 bridgehead atoms. The Balaban J connectivity index is 2.75. The van der Waals surface area contributed by atoms with Crippen LogP contribution >= 0.6 is 0 Å². The van der Waals surface area contributed by atoms with Gasteiger partial charge in [-0.05, 0) is 44.9 Å². The minimum absolute atomic E-state index is 0.110. The van der Waals surface area contributed by atoms with Gasteiger partial charge in [0.1, 0.15) is 17.4 Å². The Labute approximate surface area is 123 Å². The zero-order valence-corrected chi connectivity index (χ0v) is 12.8. The van der Waals surface area contributed by atoms with Gasteiger partial charge in [-0.15, -0.1) is 0 Å². The van der Waals surface area contributed by atoms with E-state index in [0.717, 1.165) is 0 Å². The first-order chi connectivity index (χ1) is 9.46. The molecule has 1 aromatic carbocycles. The number of nitrogens with two attached hydrogens (primary N) is 1. The molecule has 0 aliphatic rings. The summed E-state index contributed by atoms with van der Waals surface area (Å²) in [7, 11) is -5.09. The van der Waals surface area contributed by atoms with Crippen molar-refractivity contribution in [1.82, 2.24) is 0 Å². The number of carbonyl (C=O) groups excluding carboxylic acids is 1. The Morgan fingerprint density at radius 2 is 2.00 bits per heavy atom. The molecule has 21 heavy (non-hydrogen) atoms. The van der Waals surface area contributed by atoms with Crippen LogP contribution in [0.4, 0.5) is 3.89 Å². The summed E-state index contributed by atoms with van der Waals surface area (Å²) in [4.78, 5) is 11.7.